The van der Waals surface area contributed by atoms with Gasteiger partial charge in [0.05, 0.1) is 0 Å². The van der Waals surface area contributed by atoms with E-state index in [0.717, 1.165) is 28.7 Å². The van der Waals surface area contributed by atoms with Crippen molar-refractivity contribution in [2.45, 2.75) is 39.8 Å². The zero-order valence-corrected chi connectivity index (χ0v) is 16.1. The van der Waals surface area contributed by atoms with Gasteiger partial charge in [0.2, 0.25) is 0 Å². The Bertz CT molecular complexity index is 950. The van der Waals surface area contributed by atoms with Gasteiger partial charge in [-0.1, -0.05) is 24.3 Å². The largest absolute Gasteiger partial charge is 0.358 e. The number of hydrogen-bond donors (Lipinski definition) is 2. The van der Waals surface area contributed by atoms with E-state index in [1.54, 1.807) is 0 Å². The quantitative estimate of drug-likeness (QED) is 0.711. The zero-order valence-electron chi connectivity index (χ0n) is 16.1. The average molecular weight is 361 g/mol. The molecule has 4 nitrogen and oxygen atoms in total. The number of H-pyrrole nitrogens is 1. The molecule has 0 saturated carbocycles. The van der Waals surface area contributed by atoms with Gasteiger partial charge in [-0.05, 0) is 74.7 Å². The highest BCUT2D eigenvalue weighted by Gasteiger charge is 2.12. The lowest BCUT2D eigenvalue weighted by Gasteiger charge is -2.14. The van der Waals surface area contributed by atoms with Crippen LogP contribution in [0.5, 0.6) is 0 Å². The van der Waals surface area contributed by atoms with E-state index in [4.69, 9.17) is 0 Å². The van der Waals surface area contributed by atoms with Crippen molar-refractivity contribution in [3.63, 3.8) is 0 Å². The molecular formula is C23H27N3O. The van der Waals surface area contributed by atoms with E-state index in [1.807, 2.05) is 18.2 Å². The Morgan fingerprint density at radius 2 is 1.74 bits per heavy atom. The molecule has 0 bridgehead atoms. The molecule has 0 radical (unpaired) electrons. The number of nitrogens with one attached hydrogen (secondary N) is 2. The molecule has 1 aliphatic rings. The molecule has 0 atom stereocenters. The van der Waals surface area contributed by atoms with Crippen LogP contribution in [0, 0.1) is 13.8 Å². The predicted molar refractivity (Wildman–Crippen MR) is 110 cm³/mol. The highest BCUT2D eigenvalue weighted by atomic mass is 16.1. The highest BCUT2D eigenvalue weighted by molar-refractivity contribution is 5.99. The first kappa shape index (κ1) is 17.8. The maximum absolute atomic E-state index is 12.5. The molecule has 140 valence electrons. The van der Waals surface area contributed by atoms with Gasteiger partial charge in [-0.2, -0.15) is 0 Å². The summed E-state index contributed by atoms with van der Waals surface area (Å²) in [7, 11) is 0. The molecule has 0 aliphatic carbocycles. The number of aromatic amines is 1. The van der Waals surface area contributed by atoms with Crippen LogP contribution < -0.4 is 5.32 Å². The van der Waals surface area contributed by atoms with Crippen molar-refractivity contribution in [1.82, 2.24) is 15.2 Å². The Hall–Kier alpha value is -2.59. The molecule has 1 aliphatic heterocycles. The summed E-state index contributed by atoms with van der Waals surface area (Å²) >= 11 is 0. The first-order valence-corrected chi connectivity index (χ1v) is 9.77. The summed E-state index contributed by atoms with van der Waals surface area (Å²) in [4.78, 5) is 18.4. The number of aryl methyl sites for hydroxylation is 2. The van der Waals surface area contributed by atoms with E-state index in [1.165, 1.54) is 37.1 Å². The first-order valence-electron chi connectivity index (χ1n) is 9.77. The molecule has 2 heterocycles. The Kier molecular flexibility index (Phi) is 4.99. The van der Waals surface area contributed by atoms with Gasteiger partial charge >= 0.3 is 0 Å². The minimum Gasteiger partial charge on any atom is -0.358 e. The molecule has 1 amide bonds. The van der Waals surface area contributed by atoms with Crippen LogP contribution in [0.25, 0.3) is 10.9 Å². The van der Waals surface area contributed by atoms with E-state index >= 15 is 0 Å². The third kappa shape index (κ3) is 3.91. The van der Waals surface area contributed by atoms with Crippen molar-refractivity contribution in [3.8, 4) is 0 Å². The number of amides is 1. The lowest BCUT2D eigenvalue weighted by molar-refractivity contribution is 0.0951. The van der Waals surface area contributed by atoms with Gasteiger partial charge < -0.3 is 10.3 Å². The monoisotopic (exact) mass is 361 g/mol. The van der Waals surface area contributed by atoms with Gasteiger partial charge in [0.1, 0.15) is 0 Å². The summed E-state index contributed by atoms with van der Waals surface area (Å²) in [6.45, 7) is 8.14. The van der Waals surface area contributed by atoms with Crippen LogP contribution in [0.15, 0.2) is 42.5 Å². The molecular weight excluding hydrogens is 334 g/mol. The second-order valence-electron chi connectivity index (χ2n) is 7.62. The van der Waals surface area contributed by atoms with Gasteiger partial charge in [-0.15, -0.1) is 0 Å². The maximum Gasteiger partial charge on any atom is 0.251 e. The number of aromatic nitrogens is 1. The van der Waals surface area contributed by atoms with Crippen LogP contribution in [-0.2, 0) is 13.1 Å². The van der Waals surface area contributed by atoms with E-state index in [9.17, 15) is 4.79 Å². The minimum absolute atomic E-state index is 0.0312. The van der Waals surface area contributed by atoms with Crippen LogP contribution in [0.1, 0.15) is 45.6 Å². The van der Waals surface area contributed by atoms with Crippen LogP contribution in [0.2, 0.25) is 0 Å². The molecule has 1 fully saturated rings. The fourth-order valence-electron chi connectivity index (χ4n) is 3.85. The average Bonchev–Trinajstić information content (AvgIpc) is 3.29. The Labute approximate surface area is 160 Å². The molecule has 3 aromatic rings. The standard InChI is InChI=1S/C23H27N3O/c1-16-17(2)25-22-10-9-20(13-21(16)22)23(27)24-14-18-5-7-19(8-6-18)15-26-11-3-4-12-26/h5-10,13,25H,3-4,11-12,14-15H2,1-2H3,(H,24,27). The van der Waals surface area contributed by atoms with Gasteiger partial charge in [0, 0.05) is 35.2 Å². The molecule has 0 unspecified atom stereocenters. The number of hydrogen-bond acceptors (Lipinski definition) is 2. The lowest BCUT2D eigenvalue weighted by Crippen LogP contribution is -2.22. The number of fused-ring (bicyclic) bond motifs is 1. The van der Waals surface area contributed by atoms with E-state index in [-0.39, 0.29) is 5.91 Å². The lowest BCUT2D eigenvalue weighted by atomic mass is 10.1. The number of nitrogens with zero attached hydrogens (tertiary/aromatic N) is 1. The fourth-order valence-corrected chi connectivity index (χ4v) is 3.85. The van der Waals surface area contributed by atoms with Crippen LogP contribution in [0.3, 0.4) is 0 Å². The van der Waals surface area contributed by atoms with Gasteiger partial charge in [-0.3, -0.25) is 9.69 Å². The molecule has 1 saturated heterocycles. The summed E-state index contributed by atoms with van der Waals surface area (Å²) in [5.41, 5.74) is 6.61. The highest BCUT2D eigenvalue weighted by Crippen LogP contribution is 2.22. The van der Waals surface area contributed by atoms with Crippen molar-refractivity contribution in [2.24, 2.45) is 0 Å². The Balaban J connectivity index is 1.38. The zero-order chi connectivity index (χ0) is 18.8. The Morgan fingerprint density at radius 3 is 2.48 bits per heavy atom. The number of carbonyl (C=O) groups excluding carboxylic acids is 1. The fraction of sp³-hybridized carbons (Fsp3) is 0.348. The van der Waals surface area contributed by atoms with Crippen molar-refractivity contribution < 1.29 is 4.79 Å². The molecule has 4 heteroatoms. The van der Waals surface area contributed by atoms with Gasteiger partial charge in [0.15, 0.2) is 0 Å². The number of carbonyl (C=O) groups is 1. The van der Waals surface area contributed by atoms with Gasteiger partial charge in [0.25, 0.3) is 5.91 Å². The molecule has 4 rings (SSSR count). The van der Waals surface area contributed by atoms with E-state index in [2.05, 4.69) is 53.3 Å². The summed E-state index contributed by atoms with van der Waals surface area (Å²) in [5.74, 6) is -0.0312. The number of rotatable bonds is 5. The molecule has 0 spiro atoms. The summed E-state index contributed by atoms with van der Waals surface area (Å²) in [5, 5.41) is 4.16. The Morgan fingerprint density at radius 1 is 1.04 bits per heavy atom. The number of likely N-dealkylation sites (tertiary alicyclic amines) is 1. The number of benzene rings is 2. The normalized spacial score (nSPS) is 14.7. The minimum atomic E-state index is -0.0312. The summed E-state index contributed by atoms with van der Waals surface area (Å²) < 4.78 is 0. The van der Waals surface area contributed by atoms with E-state index in [0.29, 0.717) is 12.1 Å². The topological polar surface area (TPSA) is 48.1 Å². The predicted octanol–water partition coefficient (Wildman–Crippen LogP) is 4.31. The smallest absolute Gasteiger partial charge is 0.251 e. The second-order valence-corrected chi connectivity index (χ2v) is 7.62. The third-order valence-electron chi connectivity index (χ3n) is 5.65. The van der Waals surface area contributed by atoms with Crippen molar-refractivity contribution in [2.75, 3.05) is 13.1 Å². The van der Waals surface area contributed by atoms with Crippen LogP contribution >= 0.6 is 0 Å². The van der Waals surface area contributed by atoms with Crippen molar-refractivity contribution >= 4 is 16.8 Å². The van der Waals surface area contributed by atoms with Crippen LogP contribution in [0.4, 0.5) is 0 Å². The second kappa shape index (κ2) is 7.57. The summed E-state index contributed by atoms with van der Waals surface area (Å²) in [6.07, 6.45) is 2.63. The van der Waals surface area contributed by atoms with Crippen molar-refractivity contribution in [3.05, 3.63) is 70.4 Å². The SMILES string of the molecule is Cc1[nH]c2ccc(C(=O)NCc3ccc(CN4CCCC4)cc3)cc2c1C. The third-order valence-corrected chi connectivity index (χ3v) is 5.65. The molecule has 1 aromatic heterocycles. The van der Waals surface area contributed by atoms with E-state index < -0.39 is 0 Å². The molecule has 27 heavy (non-hydrogen) atoms. The molecule has 2 aromatic carbocycles. The molecule has 2 N–H and O–H groups in total. The van der Waals surface area contributed by atoms with Gasteiger partial charge in [-0.25, -0.2) is 0 Å². The maximum atomic E-state index is 12.5. The van der Waals surface area contributed by atoms with Crippen molar-refractivity contribution in [1.29, 1.82) is 0 Å². The summed E-state index contributed by atoms with van der Waals surface area (Å²) in [6, 6.07) is 14.4. The first-order chi connectivity index (χ1) is 13.1. The van der Waals surface area contributed by atoms with Crippen LogP contribution in [-0.4, -0.2) is 28.9 Å².